The van der Waals surface area contributed by atoms with Crippen molar-refractivity contribution in [2.24, 2.45) is 0 Å². The van der Waals surface area contributed by atoms with Crippen LogP contribution in [0.3, 0.4) is 0 Å². The summed E-state index contributed by atoms with van der Waals surface area (Å²) in [6, 6.07) is 7.36. The summed E-state index contributed by atoms with van der Waals surface area (Å²) in [6.45, 7) is 6.11. The number of carbonyl (C=O) groups excluding carboxylic acids is 1. The Hall–Kier alpha value is -3.07. The molecular formula is C18H19N5O3S. The van der Waals surface area contributed by atoms with Crippen LogP contribution < -0.4 is 0 Å². The fraction of sp³-hybridized carbons (Fsp3) is 0.222. The number of nitrogens with one attached hydrogen (secondary N) is 1. The average molecular weight is 385 g/mol. The number of aliphatic hydroxyl groups excluding tert-OH is 1. The number of ether oxygens (including phenoxy) is 1. The minimum Gasteiger partial charge on any atom is -0.510 e. The molecule has 0 atom stereocenters. The van der Waals surface area contributed by atoms with Crippen molar-refractivity contribution < 1.29 is 14.6 Å². The third-order valence-corrected chi connectivity index (χ3v) is 4.83. The van der Waals surface area contributed by atoms with Crippen molar-refractivity contribution >= 4 is 34.3 Å². The Labute approximate surface area is 160 Å². The molecule has 27 heavy (non-hydrogen) atoms. The van der Waals surface area contributed by atoms with Gasteiger partial charge in [0.25, 0.3) is 0 Å². The third-order valence-electron chi connectivity index (χ3n) is 3.86. The number of carbonyl (C=O) groups is 1. The van der Waals surface area contributed by atoms with Crippen LogP contribution in [0.2, 0.25) is 0 Å². The molecule has 0 spiro atoms. The number of aryl methyl sites for hydroxylation is 1. The number of esters is 1. The number of methoxy groups -OCH3 is 1. The Kier molecular flexibility index (Phi) is 5.60. The van der Waals surface area contributed by atoms with Crippen LogP contribution in [0.1, 0.15) is 11.6 Å². The van der Waals surface area contributed by atoms with Crippen LogP contribution in [0.15, 0.2) is 47.8 Å². The van der Waals surface area contributed by atoms with Crippen LogP contribution in [-0.4, -0.2) is 48.7 Å². The van der Waals surface area contributed by atoms with E-state index in [-0.39, 0.29) is 22.9 Å². The summed E-state index contributed by atoms with van der Waals surface area (Å²) < 4.78 is 6.69. The molecule has 3 aromatic rings. The van der Waals surface area contributed by atoms with E-state index in [0.29, 0.717) is 17.2 Å². The largest absolute Gasteiger partial charge is 0.510 e. The number of nitrogens with zero attached hydrogens (tertiary/aromatic N) is 4. The Bertz CT molecular complexity index is 988. The number of allylic oxidation sites excluding steroid dienone is 1. The number of aliphatic hydroxyl groups is 1. The first kappa shape index (κ1) is 18.7. The van der Waals surface area contributed by atoms with Crippen molar-refractivity contribution in [1.82, 2.24) is 24.7 Å². The molecule has 0 saturated carbocycles. The normalized spacial score (nSPS) is 12.1. The van der Waals surface area contributed by atoms with Gasteiger partial charge in [0.15, 0.2) is 5.16 Å². The van der Waals surface area contributed by atoms with Crippen molar-refractivity contribution in [2.75, 3.05) is 12.9 Å². The predicted octanol–water partition coefficient (Wildman–Crippen LogP) is 2.88. The van der Waals surface area contributed by atoms with Gasteiger partial charge in [-0.25, -0.2) is 9.78 Å². The number of thioether (sulfide) groups is 1. The molecule has 0 unspecified atom stereocenters. The molecule has 1 aromatic carbocycles. The van der Waals surface area contributed by atoms with Gasteiger partial charge in [0.1, 0.15) is 23.0 Å². The number of H-pyrrole nitrogens is 1. The minimum atomic E-state index is -0.670. The van der Waals surface area contributed by atoms with E-state index in [0.717, 1.165) is 11.3 Å². The van der Waals surface area contributed by atoms with Gasteiger partial charge in [0, 0.05) is 6.54 Å². The first-order valence-corrected chi connectivity index (χ1v) is 9.12. The van der Waals surface area contributed by atoms with Crippen molar-refractivity contribution in [2.45, 2.75) is 18.6 Å². The fourth-order valence-corrected chi connectivity index (χ4v) is 3.41. The summed E-state index contributed by atoms with van der Waals surface area (Å²) in [7, 11) is 1.26. The van der Waals surface area contributed by atoms with Gasteiger partial charge in [0.05, 0.1) is 23.9 Å². The Morgan fingerprint density at radius 2 is 2.19 bits per heavy atom. The highest BCUT2D eigenvalue weighted by molar-refractivity contribution is 7.99. The number of imidazole rings is 1. The van der Waals surface area contributed by atoms with Crippen LogP contribution in [0, 0.1) is 6.92 Å². The lowest BCUT2D eigenvalue weighted by molar-refractivity contribution is -0.133. The maximum Gasteiger partial charge on any atom is 0.345 e. The highest BCUT2D eigenvalue weighted by atomic mass is 32.2. The molecule has 0 aliphatic carbocycles. The Balaban J connectivity index is 1.92. The van der Waals surface area contributed by atoms with Crippen molar-refractivity contribution in [1.29, 1.82) is 0 Å². The second kappa shape index (κ2) is 8.09. The first-order valence-electron chi connectivity index (χ1n) is 8.14. The quantitative estimate of drug-likeness (QED) is 0.212. The molecule has 9 heteroatoms. The third kappa shape index (κ3) is 3.87. The first-order chi connectivity index (χ1) is 13.0. The van der Waals surface area contributed by atoms with Crippen molar-refractivity contribution in [3.8, 4) is 0 Å². The van der Waals surface area contributed by atoms with E-state index in [1.54, 1.807) is 6.08 Å². The molecule has 0 aliphatic heterocycles. The summed E-state index contributed by atoms with van der Waals surface area (Å²) in [5.41, 5.74) is 1.44. The van der Waals surface area contributed by atoms with Crippen molar-refractivity contribution in [3.63, 3.8) is 0 Å². The van der Waals surface area contributed by atoms with E-state index in [2.05, 4.69) is 26.7 Å². The number of hydrogen-bond acceptors (Lipinski definition) is 7. The Morgan fingerprint density at radius 3 is 2.89 bits per heavy atom. The van der Waals surface area contributed by atoms with E-state index in [9.17, 15) is 9.90 Å². The van der Waals surface area contributed by atoms with E-state index in [1.165, 1.54) is 18.9 Å². The van der Waals surface area contributed by atoms with Gasteiger partial charge in [-0.3, -0.25) is 0 Å². The number of hydrogen-bond donors (Lipinski definition) is 2. The molecule has 0 fully saturated rings. The fourth-order valence-electron chi connectivity index (χ4n) is 2.54. The van der Waals surface area contributed by atoms with Crippen LogP contribution in [0.4, 0.5) is 0 Å². The van der Waals surface area contributed by atoms with Crippen molar-refractivity contribution in [3.05, 3.63) is 54.3 Å². The average Bonchev–Trinajstić information content (AvgIpc) is 3.24. The number of para-hydroxylation sites is 2. The van der Waals surface area contributed by atoms with Gasteiger partial charge in [-0.15, -0.1) is 16.8 Å². The molecule has 3 rings (SSSR count). The zero-order valence-electron chi connectivity index (χ0n) is 15.0. The van der Waals surface area contributed by atoms with E-state index in [1.807, 2.05) is 35.8 Å². The number of aromatic nitrogens is 5. The Morgan fingerprint density at radius 1 is 1.41 bits per heavy atom. The summed E-state index contributed by atoms with van der Waals surface area (Å²) in [6.07, 6.45) is 1.74. The van der Waals surface area contributed by atoms with Gasteiger partial charge in [0.2, 0.25) is 0 Å². The number of benzene rings is 1. The predicted molar refractivity (Wildman–Crippen MR) is 103 cm³/mol. The van der Waals surface area contributed by atoms with Gasteiger partial charge in [-0.05, 0) is 19.1 Å². The highest BCUT2D eigenvalue weighted by Gasteiger charge is 2.22. The standard InChI is InChI=1S/C18H19N5O3S/c1-4-9-23-11(2)21-22-18(23)27-10-14(24)15(17(25)26-3)16-19-12-7-5-6-8-13(12)20-16/h4-8,24H,1,9-10H2,2-3H3,(H,19,20)/b15-14+. The number of aromatic amines is 1. The SMILES string of the molecule is C=CCn1c(C)nnc1SC/C(O)=C(\C(=O)OC)c1nc2ccccc2[nH]1. The number of rotatable bonds is 7. The molecule has 0 bridgehead atoms. The molecule has 140 valence electrons. The molecule has 0 saturated heterocycles. The van der Waals surface area contributed by atoms with Crippen LogP contribution in [0.5, 0.6) is 0 Å². The van der Waals surface area contributed by atoms with Gasteiger partial charge in [-0.2, -0.15) is 0 Å². The lowest BCUT2D eigenvalue weighted by Crippen LogP contribution is -2.10. The van der Waals surface area contributed by atoms with Crippen LogP contribution in [-0.2, 0) is 16.1 Å². The summed E-state index contributed by atoms with van der Waals surface area (Å²) in [4.78, 5) is 19.7. The molecule has 8 nitrogen and oxygen atoms in total. The summed E-state index contributed by atoms with van der Waals surface area (Å²) >= 11 is 1.26. The summed E-state index contributed by atoms with van der Waals surface area (Å²) in [5.74, 6) is 0.278. The lowest BCUT2D eigenvalue weighted by Gasteiger charge is -2.08. The smallest absolute Gasteiger partial charge is 0.345 e. The second-order valence-electron chi connectivity index (χ2n) is 5.63. The van der Waals surface area contributed by atoms with Gasteiger partial charge >= 0.3 is 5.97 Å². The van der Waals surface area contributed by atoms with Crippen LogP contribution >= 0.6 is 11.8 Å². The van der Waals surface area contributed by atoms with Crippen LogP contribution in [0.25, 0.3) is 16.6 Å². The molecule has 0 aliphatic rings. The minimum absolute atomic E-state index is 0.00675. The number of fused-ring (bicyclic) bond motifs is 1. The van der Waals surface area contributed by atoms with E-state index in [4.69, 9.17) is 4.74 Å². The zero-order valence-corrected chi connectivity index (χ0v) is 15.8. The molecule has 2 heterocycles. The molecule has 0 amide bonds. The maximum atomic E-state index is 12.3. The van der Waals surface area contributed by atoms with E-state index >= 15 is 0 Å². The molecule has 2 N–H and O–H groups in total. The van der Waals surface area contributed by atoms with Gasteiger partial charge in [-0.1, -0.05) is 30.0 Å². The maximum absolute atomic E-state index is 12.3. The van der Waals surface area contributed by atoms with Gasteiger partial charge < -0.3 is 19.4 Å². The monoisotopic (exact) mass is 385 g/mol. The summed E-state index contributed by atoms with van der Waals surface area (Å²) in [5, 5.41) is 19.3. The molecule has 0 radical (unpaired) electrons. The highest BCUT2D eigenvalue weighted by Crippen LogP contribution is 2.25. The molecular weight excluding hydrogens is 366 g/mol. The lowest BCUT2D eigenvalue weighted by atomic mass is 10.2. The zero-order chi connectivity index (χ0) is 19.4. The molecule has 2 aromatic heterocycles. The van der Waals surface area contributed by atoms with E-state index < -0.39 is 5.97 Å². The topological polar surface area (TPSA) is 106 Å². The second-order valence-corrected chi connectivity index (χ2v) is 6.58.